The molecule has 0 unspecified atom stereocenters. The summed E-state index contributed by atoms with van der Waals surface area (Å²) in [5.74, 6) is 1.96. The van der Waals surface area contributed by atoms with Crippen molar-refractivity contribution in [1.82, 2.24) is 0 Å². The van der Waals surface area contributed by atoms with Gasteiger partial charge in [0.1, 0.15) is 17.8 Å². The normalized spacial score (nSPS) is 40.3. The zero-order chi connectivity index (χ0) is 20.1. The van der Waals surface area contributed by atoms with Crippen LogP contribution in [0.25, 0.3) is 0 Å². The van der Waals surface area contributed by atoms with Gasteiger partial charge < -0.3 is 19.5 Å². The number of carbonyl (C=O) groups is 1. The number of esters is 1. The highest BCUT2D eigenvalue weighted by atomic mass is 16.6. The van der Waals surface area contributed by atoms with Crippen LogP contribution in [-0.4, -0.2) is 44.5 Å². The van der Waals surface area contributed by atoms with Crippen LogP contribution in [0, 0.1) is 23.2 Å². The van der Waals surface area contributed by atoms with Crippen LogP contribution in [0.15, 0.2) is 24.3 Å². The van der Waals surface area contributed by atoms with Gasteiger partial charge in [0.25, 0.3) is 0 Å². The van der Waals surface area contributed by atoms with Crippen LogP contribution in [0.1, 0.15) is 44.6 Å². The molecule has 5 rings (SSSR count). The van der Waals surface area contributed by atoms with Gasteiger partial charge in [0.2, 0.25) is 0 Å². The number of ether oxygens (including phenoxy) is 3. The van der Waals surface area contributed by atoms with Gasteiger partial charge in [-0.15, -0.1) is 0 Å². The van der Waals surface area contributed by atoms with Gasteiger partial charge >= 0.3 is 5.97 Å². The van der Waals surface area contributed by atoms with Crippen LogP contribution in [0.4, 0.5) is 0 Å². The number of epoxide rings is 1. The minimum absolute atomic E-state index is 0.0277. The summed E-state index contributed by atoms with van der Waals surface area (Å²) in [4.78, 5) is 12.7. The highest BCUT2D eigenvalue weighted by molar-refractivity contribution is 5.75. The third kappa shape index (κ3) is 3.36. The molecule has 1 aromatic rings. The van der Waals surface area contributed by atoms with E-state index in [9.17, 15) is 4.79 Å². The average molecular weight is 401 g/mol. The van der Waals surface area contributed by atoms with E-state index >= 15 is 0 Å². The van der Waals surface area contributed by atoms with E-state index in [1.54, 1.807) is 7.11 Å². The second-order valence-electron chi connectivity index (χ2n) is 9.97. The van der Waals surface area contributed by atoms with E-state index in [2.05, 4.69) is 24.4 Å². The van der Waals surface area contributed by atoms with E-state index in [4.69, 9.17) is 14.2 Å². The number of rotatable bonds is 6. The molecule has 0 aromatic heterocycles. The first-order valence-electron chi connectivity index (χ1n) is 11.3. The van der Waals surface area contributed by atoms with E-state index in [-0.39, 0.29) is 29.0 Å². The lowest BCUT2D eigenvalue weighted by molar-refractivity contribution is -0.658. The molecule has 4 fully saturated rings. The molecule has 4 aliphatic rings. The van der Waals surface area contributed by atoms with Crippen molar-refractivity contribution in [1.29, 1.82) is 0 Å². The molecule has 2 aliphatic heterocycles. The third-order valence-electron chi connectivity index (χ3n) is 8.31. The SMILES string of the molecule is COc1ccccc1CC[NH2+]C[C@@H]1C(=O)O[C@@H]2C[C@@]3(C)CCC[C@]4(CO4)[C@@H]3C[C@H]12. The van der Waals surface area contributed by atoms with E-state index in [1.807, 2.05) is 12.1 Å². The highest BCUT2D eigenvalue weighted by Gasteiger charge is 2.65. The Hall–Kier alpha value is -1.59. The van der Waals surface area contributed by atoms with Gasteiger partial charge in [0, 0.05) is 12.3 Å². The van der Waals surface area contributed by atoms with Crippen molar-refractivity contribution < 1.29 is 24.3 Å². The molecule has 6 atom stereocenters. The van der Waals surface area contributed by atoms with Crippen LogP contribution in [0.2, 0.25) is 0 Å². The maximum atomic E-state index is 12.7. The van der Waals surface area contributed by atoms with Crippen molar-refractivity contribution >= 4 is 5.97 Å². The summed E-state index contributed by atoms with van der Waals surface area (Å²) >= 11 is 0. The third-order valence-corrected chi connectivity index (χ3v) is 8.31. The zero-order valence-electron chi connectivity index (χ0n) is 17.7. The number of quaternary nitrogens is 1. The Kier molecular flexibility index (Phi) is 4.86. The molecule has 2 N–H and O–H groups in total. The van der Waals surface area contributed by atoms with Crippen molar-refractivity contribution in [3.05, 3.63) is 29.8 Å². The fraction of sp³-hybridized carbons (Fsp3) is 0.708. The predicted molar refractivity (Wildman–Crippen MR) is 109 cm³/mol. The van der Waals surface area contributed by atoms with Crippen LogP contribution in [-0.2, 0) is 20.7 Å². The fourth-order valence-corrected chi connectivity index (χ4v) is 6.69. The summed E-state index contributed by atoms with van der Waals surface area (Å²) in [5.41, 5.74) is 1.63. The number of hydrogen-bond acceptors (Lipinski definition) is 4. The minimum atomic E-state index is 0.0277. The number of benzene rings is 1. The lowest BCUT2D eigenvalue weighted by Crippen LogP contribution is -2.86. The van der Waals surface area contributed by atoms with Crippen LogP contribution in [0.3, 0.4) is 0 Å². The Morgan fingerprint density at radius 3 is 2.90 bits per heavy atom. The molecule has 0 bridgehead atoms. The van der Waals surface area contributed by atoms with Crippen molar-refractivity contribution in [2.75, 3.05) is 26.8 Å². The van der Waals surface area contributed by atoms with Crippen LogP contribution >= 0.6 is 0 Å². The molecule has 1 spiro atoms. The van der Waals surface area contributed by atoms with E-state index < -0.39 is 0 Å². The first-order chi connectivity index (χ1) is 14.0. The lowest BCUT2D eigenvalue weighted by atomic mass is 9.53. The quantitative estimate of drug-likeness (QED) is 0.452. The molecule has 1 aromatic carbocycles. The maximum Gasteiger partial charge on any atom is 0.315 e. The second kappa shape index (κ2) is 7.28. The molecular formula is C24H34NO4+. The smallest absolute Gasteiger partial charge is 0.315 e. The topological polar surface area (TPSA) is 64.7 Å². The van der Waals surface area contributed by atoms with E-state index in [0.29, 0.717) is 11.8 Å². The molecule has 0 radical (unpaired) electrons. The summed E-state index contributed by atoms with van der Waals surface area (Å²) in [6, 6.07) is 8.18. The fourth-order valence-electron chi connectivity index (χ4n) is 6.69. The monoisotopic (exact) mass is 400 g/mol. The summed E-state index contributed by atoms with van der Waals surface area (Å²) in [5, 5.41) is 2.29. The first-order valence-corrected chi connectivity index (χ1v) is 11.3. The predicted octanol–water partition coefficient (Wildman–Crippen LogP) is 2.33. The molecule has 5 nitrogen and oxygen atoms in total. The van der Waals surface area contributed by atoms with Gasteiger partial charge in [-0.2, -0.15) is 0 Å². The molecule has 2 heterocycles. The van der Waals surface area contributed by atoms with E-state index in [1.165, 1.54) is 24.8 Å². The zero-order valence-corrected chi connectivity index (χ0v) is 17.7. The van der Waals surface area contributed by atoms with Gasteiger partial charge in [-0.05, 0) is 55.1 Å². The molecule has 29 heavy (non-hydrogen) atoms. The highest BCUT2D eigenvalue weighted by Crippen LogP contribution is 2.62. The van der Waals surface area contributed by atoms with Gasteiger partial charge in [0.15, 0.2) is 0 Å². The van der Waals surface area contributed by atoms with Crippen molar-refractivity contribution in [2.24, 2.45) is 23.2 Å². The number of fused-ring (bicyclic) bond motifs is 3. The second-order valence-corrected chi connectivity index (χ2v) is 9.97. The van der Waals surface area contributed by atoms with Gasteiger partial charge in [-0.3, -0.25) is 4.79 Å². The number of nitrogens with two attached hydrogens (primary N) is 1. The Labute approximate surface area is 173 Å². The van der Waals surface area contributed by atoms with Crippen molar-refractivity contribution in [2.45, 2.75) is 57.2 Å². The van der Waals surface area contributed by atoms with Crippen molar-refractivity contribution in [3.63, 3.8) is 0 Å². The summed E-state index contributed by atoms with van der Waals surface area (Å²) in [6.45, 7) is 5.12. The standard InChI is InChI=1S/C24H33NO4/c1-23-9-5-10-24(15-28-24)21(23)12-17-18(22(26)29-20(17)13-23)14-25-11-8-16-6-3-4-7-19(16)27-2/h3-4,6-7,17-18,20-21,25H,5,8-15H2,1-2H3/p+1/t17-,18+,20-,21-,23-,24+/m1/s1. The average Bonchev–Trinajstić information content (AvgIpc) is 3.41. The van der Waals surface area contributed by atoms with Gasteiger partial charge in [-0.1, -0.05) is 25.1 Å². The Morgan fingerprint density at radius 2 is 2.10 bits per heavy atom. The number of para-hydroxylation sites is 1. The van der Waals surface area contributed by atoms with Gasteiger partial charge in [-0.25, -0.2) is 0 Å². The van der Waals surface area contributed by atoms with Gasteiger partial charge in [0.05, 0.1) is 32.4 Å². The summed E-state index contributed by atoms with van der Waals surface area (Å²) in [7, 11) is 1.72. The Balaban J connectivity index is 1.21. The molecule has 0 amide bonds. The minimum Gasteiger partial charge on any atom is -0.496 e. The molecule has 2 saturated carbocycles. The Morgan fingerprint density at radius 1 is 1.28 bits per heavy atom. The maximum absolute atomic E-state index is 12.7. The molecular weight excluding hydrogens is 366 g/mol. The van der Waals surface area contributed by atoms with Crippen molar-refractivity contribution in [3.8, 4) is 5.75 Å². The molecule has 158 valence electrons. The molecule has 2 aliphatic carbocycles. The first kappa shape index (κ1) is 19.4. The lowest BCUT2D eigenvalue weighted by Gasteiger charge is -2.51. The molecule has 5 heteroatoms. The largest absolute Gasteiger partial charge is 0.496 e. The number of methoxy groups -OCH3 is 1. The van der Waals surface area contributed by atoms with E-state index in [0.717, 1.165) is 44.7 Å². The number of hydrogen-bond donors (Lipinski definition) is 1. The van der Waals surface area contributed by atoms with Crippen LogP contribution < -0.4 is 10.1 Å². The number of carbonyl (C=O) groups excluding carboxylic acids is 1. The van der Waals surface area contributed by atoms with Crippen LogP contribution in [0.5, 0.6) is 5.75 Å². The molecule has 2 saturated heterocycles. The Bertz CT molecular complexity index is 776. The summed E-state index contributed by atoms with van der Waals surface area (Å²) < 4.78 is 17.4. The summed E-state index contributed by atoms with van der Waals surface area (Å²) in [6.07, 6.45) is 6.88.